The van der Waals surface area contributed by atoms with Crippen molar-refractivity contribution in [3.8, 4) is 0 Å². The van der Waals surface area contributed by atoms with E-state index in [4.69, 9.17) is 0 Å². The van der Waals surface area contributed by atoms with Gasteiger partial charge >= 0.3 is 0 Å². The quantitative estimate of drug-likeness (QED) is 0.377. The predicted octanol–water partition coefficient (Wildman–Crippen LogP) is 0.759. The Labute approximate surface area is 47.4 Å². The van der Waals surface area contributed by atoms with Crippen LogP contribution >= 0.6 is 0 Å². The van der Waals surface area contributed by atoms with Gasteiger partial charge in [-0.25, -0.2) is 0 Å². The van der Waals surface area contributed by atoms with Gasteiger partial charge in [-0.2, -0.15) is 0 Å². The Morgan fingerprint density at radius 3 is 2.00 bits per heavy atom. The van der Waals surface area contributed by atoms with Crippen LogP contribution in [0.15, 0.2) is 12.7 Å². The van der Waals surface area contributed by atoms with Crippen molar-refractivity contribution in [3.05, 3.63) is 12.7 Å². The molecule has 0 aliphatic rings. The minimum Gasteiger partial charge on any atom is -0.295 e. The average Bonchev–Trinajstić information content (AvgIpc) is 1.38. The van der Waals surface area contributed by atoms with Gasteiger partial charge in [0.2, 0.25) is 0 Å². The second-order valence-electron chi connectivity index (χ2n) is 0.815. The van der Waals surface area contributed by atoms with Gasteiger partial charge in [-0.3, -0.25) is 4.79 Å². The molecule has 0 aliphatic carbocycles. The first-order valence-electron chi connectivity index (χ1n) is 1.40. The minimum absolute atomic E-state index is 0. The Bertz CT molecular complexity index is 58.6. The van der Waals surface area contributed by atoms with Crippen molar-refractivity contribution >= 4 is 5.78 Å². The van der Waals surface area contributed by atoms with Crippen LogP contribution < -0.4 is 0 Å². The van der Waals surface area contributed by atoms with Crippen LogP contribution in [-0.2, 0) is 21.3 Å². The Kier molecular flexibility index (Phi) is 7.61. The van der Waals surface area contributed by atoms with Crippen molar-refractivity contribution in [2.24, 2.45) is 0 Å². The maximum absolute atomic E-state index is 9.69. The number of rotatable bonds is 1. The van der Waals surface area contributed by atoms with Gasteiger partial charge in [-0.1, -0.05) is 6.58 Å². The van der Waals surface area contributed by atoms with E-state index in [1.807, 2.05) is 0 Å². The first-order chi connectivity index (χ1) is 2.27. The third-order valence-corrected chi connectivity index (χ3v) is 0.287. The van der Waals surface area contributed by atoms with Crippen LogP contribution in [0, 0.1) is 0 Å². The largest absolute Gasteiger partial charge is 0.295 e. The fourth-order valence-corrected chi connectivity index (χ4v) is 0. The monoisotopic (exact) mass is 128 g/mol. The number of hydrogen-bond donors (Lipinski definition) is 0. The summed E-state index contributed by atoms with van der Waals surface area (Å²) in [6.45, 7) is 4.68. The van der Waals surface area contributed by atoms with E-state index in [1.165, 1.54) is 13.0 Å². The second-order valence-corrected chi connectivity index (χ2v) is 0.815. The van der Waals surface area contributed by atoms with Crippen LogP contribution in [0.25, 0.3) is 0 Å². The number of carbonyl (C=O) groups excluding carboxylic acids is 1. The first kappa shape index (κ1) is 9.32. The predicted molar refractivity (Wildman–Crippen MR) is 20.9 cm³/mol. The van der Waals surface area contributed by atoms with Crippen LogP contribution in [0.1, 0.15) is 6.92 Å². The van der Waals surface area contributed by atoms with Gasteiger partial charge in [0.25, 0.3) is 0 Å². The maximum Gasteiger partial charge on any atom is 0.152 e. The molecule has 38 valence electrons. The average molecular weight is 129 g/mol. The van der Waals surface area contributed by atoms with E-state index in [-0.39, 0.29) is 22.3 Å². The van der Waals surface area contributed by atoms with Crippen LogP contribution in [0.5, 0.6) is 0 Å². The molecule has 0 radical (unpaired) electrons. The first-order valence-corrected chi connectivity index (χ1v) is 1.40. The Morgan fingerprint density at radius 2 is 2.00 bits per heavy atom. The van der Waals surface area contributed by atoms with Crippen molar-refractivity contribution in [3.63, 3.8) is 0 Å². The van der Waals surface area contributed by atoms with Gasteiger partial charge in [-0.05, 0) is 13.0 Å². The zero-order valence-corrected chi connectivity index (χ0v) is 4.50. The fourth-order valence-electron chi connectivity index (χ4n) is 0. The molecule has 0 amide bonds. The van der Waals surface area contributed by atoms with Gasteiger partial charge in [-0.15, -0.1) is 0 Å². The Hall–Kier alpha value is -0.0965. The standard InChI is InChI=1S/C4H6O.Ni/c1-3-4(2)5;/h3H,1H2,2H3;. The van der Waals surface area contributed by atoms with E-state index in [0.29, 0.717) is 0 Å². The molecule has 0 bridgehead atoms. The van der Waals surface area contributed by atoms with Gasteiger partial charge in [0.15, 0.2) is 5.78 Å². The molecule has 6 heavy (non-hydrogen) atoms. The van der Waals surface area contributed by atoms with Gasteiger partial charge in [0.1, 0.15) is 0 Å². The van der Waals surface area contributed by atoms with Crippen LogP contribution in [0.2, 0.25) is 0 Å². The maximum atomic E-state index is 9.69. The molecule has 0 saturated heterocycles. The topological polar surface area (TPSA) is 17.1 Å². The van der Waals surface area contributed by atoms with Gasteiger partial charge in [0.05, 0.1) is 0 Å². The van der Waals surface area contributed by atoms with Crippen molar-refractivity contribution in [2.45, 2.75) is 6.92 Å². The number of allylic oxidation sites excluding steroid dienone is 1. The van der Waals surface area contributed by atoms with E-state index in [9.17, 15) is 4.79 Å². The Balaban J connectivity index is 0. The summed E-state index contributed by atoms with van der Waals surface area (Å²) < 4.78 is 0. The third kappa shape index (κ3) is 9.08. The van der Waals surface area contributed by atoms with Gasteiger partial charge in [0, 0.05) is 16.5 Å². The van der Waals surface area contributed by atoms with E-state index in [2.05, 4.69) is 6.58 Å². The molecule has 0 aromatic heterocycles. The fraction of sp³-hybridized carbons (Fsp3) is 0.250. The minimum atomic E-state index is 0. The SMILES string of the molecule is C=CC(C)=O.[Ni]. The number of ketones is 1. The molecule has 0 aromatic carbocycles. The molecular formula is C4H6NiO. The molecule has 0 spiro atoms. The number of hydrogen-bond acceptors (Lipinski definition) is 1. The summed E-state index contributed by atoms with van der Waals surface area (Å²) in [5, 5.41) is 0. The molecule has 0 N–H and O–H groups in total. The van der Waals surface area contributed by atoms with Crippen molar-refractivity contribution in [2.75, 3.05) is 0 Å². The zero-order chi connectivity index (χ0) is 4.28. The molecule has 0 aliphatic heterocycles. The van der Waals surface area contributed by atoms with E-state index >= 15 is 0 Å². The summed E-state index contributed by atoms with van der Waals surface area (Å²) in [5.74, 6) is 0.0185. The van der Waals surface area contributed by atoms with Gasteiger partial charge < -0.3 is 0 Å². The van der Waals surface area contributed by atoms with E-state index < -0.39 is 0 Å². The van der Waals surface area contributed by atoms with E-state index in [0.717, 1.165) is 0 Å². The molecule has 0 saturated carbocycles. The molecule has 0 rings (SSSR count). The molecule has 0 fully saturated rings. The molecule has 0 unspecified atom stereocenters. The molecule has 2 heteroatoms. The smallest absolute Gasteiger partial charge is 0.152 e. The second kappa shape index (κ2) is 4.90. The number of carbonyl (C=O) groups is 1. The van der Waals surface area contributed by atoms with E-state index in [1.54, 1.807) is 0 Å². The summed E-state index contributed by atoms with van der Waals surface area (Å²) in [5.41, 5.74) is 0. The third-order valence-electron chi connectivity index (χ3n) is 0.287. The zero-order valence-electron chi connectivity index (χ0n) is 3.51. The normalized spacial score (nSPS) is 5.50. The van der Waals surface area contributed by atoms with Crippen molar-refractivity contribution in [1.29, 1.82) is 0 Å². The van der Waals surface area contributed by atoms with Crippen LogP contribution in [-0.4, -0.2) is 5.78 Å². The molecule has 0 aromatic rings. The Morgan fingerprint density at radius 1 is 1.83 bits per heavy atom. The summed E-state index contributed by atoms with van der Waals surface area (Å²) in [4.78, 5) is 9.69. The summed E-state index contributed by atoms with van der Waals surface area (Å²) in [6, 6.07) is 0. The molecule has 0 atom stereocenters. The summed E-state index contributed by atoms with van der Waals surface area (Å²) in [6.07, 6.45) is 1.28. The molecule has 0 heterocycles. The molecular weight excluding hydrogens is 123 g/mol. The van der Waals surface area contributed by atoms with Crippen LogP contribution in [0.3, 0.4) is 0 Å². The van der Waals surface area contributed by atoms with Crippen LogP contribution in [0.4, 0.5) is 0 Å². The summed E-state index contributed by atoms with van der Waals surface area (Å²) in [7, 11) is 0. The summed E-state index contributed by atoms with van der Waals surface area (Å²) >= 11 is 0. The van der Waals surface area contributed by atoms with Crippen molar-refractivity contribution < 1.29 is 21.3 Å². The molecule has 1 nitrogen and oxygen atoms in total. The van der Waals surface area contributed by atoms with Crippen molar-refractivity contribution in [1.82, 2.24) is 0 Å².